The average Bonchev–Trinajstić information content (AvgIpc) is 3.36. The Morgan fingerprint density at radius 2 is 1.94 bits per heavy atom. The van der Waals surface area contributed by atoms with Crippen LogP contribution in [0.4, 0.5) is 11.8 Å². The topological polar surface area (TPSA) is 200 Å². The van der Waals surface area contributed by atoms with Crippen molar-refractivity contribution in [2.24, 2.45) is 0 Å². The third kappa shape index (κ3) is 4.96. The number of rotatable bonds is 10. The van der Waals surface area contributed by atoms with Crippen LogP contribution in [0.2, 0.25) is 0 Å². The molecule has 12 heteroatoms. The number of nitrogens with one attached hydrogen (secondary N) is 1. The highest BCUT2D eigenvalue weighted by Gasteiger charge is 2.24. The van der Waals surface area contributed by atoms with Gasteiger partial charge in [-0.1, -0.05) is 6.92 Å². The number of carboxylic acids is 2. The molecule has 0 aliphatic heterocycles. The number of furan rings is 1. The van der Waals surface area contributed by atoms with Gasteiger partial charge in [0.1, 0.15) is 17.3 Å². The van der Waals surface area contributed by atoms with Crippen molar-refractivity contribution < 1.29 is 29.0 Å². The Bertz CT molecular complexity index is 1150. The lowest BCUT2D eigenvalue weighted by Gasteiger charge is -2.15. The second-order valence-corrected chi connectivity index (χ2v) is 7.27. The van der Waals surface area contributed by atoms with Crippen molar-refractivity contribution in [3.8, 4) is 0 Å². The van der Waals surface area contributed by atoms with Crippen LogP contribution in [0, 0.1) is 0 Å². The van der Waals surface area contributed by atoms with Gasteiger partial charge < -0.3 is 36.0 Å². The normalized spacial score (nSPS) is 13.0. The van der Waals surface area contributed by atoms with Crippen molar-refractivity contribution in [3.05, 3.63) is 35.9 Å². The Labute approximate surface area is 182 Å². The zero-order valence-electron chi connectivity index (χ0n) is 17.3. The van der Waals surface area contributed by atoms with E-state index >= 15 is 0 Å². The first-order chi connectivity index (χ1) is 15.2. The number of aromatic nitrogens is 3. The molecule has 3 heterocycles. The van der Waals surface area contributed by atoms with Gasteiger partial charge in [-0.05, 0) is 31.0 Å². The molecule has 3 aromatic heterocycles. The summed E-state index contributed by atoms with van der Waals surface area (Å²) in [5, 5.41) is 20.3. The van der Waals surface area contributed by atoms with Crippen LogP contribution in [-0.4, -0.2) is 48.6 Å². The molecule has 0 saturated carbocycles. The van der Waals surface area contributed by atoms with E-state index in [9.17, 15) is 19.5 Å². The minimum atomic E-state index is -1.34. The molecule has 0 aliphatic carbocycles. The highest BCUT2D eigenvalue weighted by atomic mass is 16.4. The number of hydrogen-bond donors (Lipinski definition) is 5. The van der Waals surface area contributed by atoms with Gasteiger partial charge in [-0.3, -0.25) is 9.59 Å². The van der Waals surface area contributed by atoms with Gasteiger partial charge in [0.2, 0.25) is 5.95 Å². The summed E-state index contributed by atoms with van der Waals surface area (Å²) in [6.45, 7) is 2.44. The van der Waals surface area contributed by atoms with Crippen molar-refractivity contribution in [1.82, 2.24) is 19.9 Å². The number of nitrogen functional groups attached to an aromatic ring is 2. The molecule has 0 bridgehead atoms. The number of nitrogens with zero attached hydrogens (tertiary/aromatic N) is 3. The number of anilines is 2. The number of fused-ring (bicyclic) bond motifs is 1. The molecule has 7 N–H and O–H groups in total. The third-order valence-corrected chi connectivity index (χ3v) is 5.07. The molecule has 3 rings (SSSR count). The van der Waals surface area contributed by atoms with E-state index in [4.69, 9.17) is 21.0 Å². The standard InChI is InChI=1S/C20H24N6O6/c1-2-10(9-26-8-7-11-16(26)17(21)25-20(22)24-11)13-4-5-14(32-13)18(29)23-12(19(30)31)3-6-15(27)28/h4-5,7-8,10,12H,2-3,6,9H2,1H3,(H,23,29)(H,27,28)(H,30,31)(H4,21,22,24,25)/t10?,12-/m0/s1. The minimum absolute atomic E-state index is 0.0620. The molecule has 1 amide bonds. The van der Waals surface area contributed by atoms with Crippen molar-refractivity contribution in [1.29, 1.82) is 0 Å². The molecule has 1 unspecified atom stereocenters. The fourth-order valence-electron chi connectivity index (χ4n) is 3.41. The second kappa shape index (κ2) is 9.37. The molecule has 0 spiro atoms. The first-order valence-electron chi connectivity index (χ1n) is 9.92. The molecule has 0 aliphatic rings. The summed E-state index contributed by atoms with van der Waals surface area (Å²) in [7, 11) is 0. The lowest BCUT2D eigenvalue weighted by molar-refractivity contribution is -0.140. The maximum Gasteiger partial charge on any atom is 0.326 e. The maximum atomic E-state index is 12.4. The van der Waals surface area contributed by atoms with E-state index in [0.717, 1.165) is 0 Å². The third-order valence-electron chi connectivity index (χ3n) is 5.07. The van der Waals surface area contributed by atoms with Crippen LogP contribution in [0.15, 0.2) is 28.8 Å². The first kappa shape index (κ1) is 22.6. The quantitative estimate of drug-likeness (QED) is 0.304. The van der Waals surface area contributed by atoms with Crippen LogP contribution in [0.3, 0.4) is 0 Å². The number of amides is 1. The predicted octanol–water partition coefficient (Wildman–Crippen LogP) is 1.43. The van der Waals surface area contributed by atoms with Gasteiger partial charge >= 0.3 is 11.9 Å². The van der Waals surface area contributed by atoms with Gasteiger partial charge in [-0.15, -0.1) is 0 Å². The lowest BCUT2D eigenvalue weighted by atomic mass is 10.0. The van der Waals surface area contributed by atoms with Gasteiger partial charge in [0.15, 0.2) is 11.6 Å². The van der Waals surface area contributed by atoms with Gasteiger partial charge in [0, 0.05) is 25.1 Å². The number of aliphatic carboxylic acids is 2. The average molecular weight is 444 g/mol. The van der Waals surface area contributed by atoms with Crippen LogP contribution in [0.25, 0.3) is 11.0 Å². The van der Waals surface area contributed by atoms with Crippen LogP contribution in [0.1, 0.15) is 48.4 Å². The Morgan fingerprint density at radius 1 is 1.19 bits per heavy atom. The summed E-state index contributed by atoms with van der Waals surface area (Å²) >= 11 is 0. The predicted molar refractivity (Wildman–Crippen MR) is 114 cm³/mol. The molecular formula is C20H24N6O6. The number of hydrogen-bond acceptors (Lipinski definition) is 8. The lowest BCUT2D eigenvalue weighted by Crippen LogP contribution is -2.41. The molecule has 170 valence electrons. The van der Waals surface area contributed by atoms with Crippen molar-refractivity contribution in [2.45, 2.75) is 44.7 Å². The van der Waals surface area contributed by atoms with Crippen molar-refractivity contribution >= 4 is 40.6 Å². The fraction of sp³-hybridized carbons (Fsp3) is 0.350. The zero-order chi connectivity index (χ0) is 23.4. The number of carboxylic acid groups (broad SMARTS) is 2. The van der Waals surface area contributed by atoms with E-state index in [1.807, 2.05) is 17.7 Å². The Hall–Kier alpha value is -4.09. The second-order valence-electron chi connectivity index (χ2n) is 7.27. The first-order valence-corrected chi connectivity index (χ1v) is 9.92. The van der Waals surface area contributed by atoms with Gasteiger partial charge in [0.25, 0.3) is 5.91 Å². The number of nitrogens with two attached hydrogens (primary N) is 2. The van der Waals surface area contributed by atoms with E-state index < -0.39 is 23.9 Å². The summed E-state index contributed by atoms with van der Waals surface area (Å²) in [6, 6.07) is 3.55. The van der Waals surface area contributed by atoms with Gasteiger partial charge in [0.05, 0.1) is 5.52 Å². The molecule has 0 saturated heterocycles. The van der Waals surface area contributed by atoms with E-state index in [1.165, 1.54) is 6.07 Å². The highest BCUT2D eigenvalue weighted by molar-refractivity contribution is 5.94. The van der Waals surface area contributed by atoms with Crippen LogP contribution < -0.4 is 16.8 Å². The van der Waals surface area contributed by atoms with Gasteiger partial charge in [-0.25, -0.2) is 9.78 Å². The summed E-state index contributed by atoms with van der Waals surface area (Å²) in [6.07, 6.45) is 1.87. The van der Waals surface area contributed by atoms with Gasteiger partial charge in [-0.2, -0.15) is 4.98 Å². The summed E-state index contributed by atoms with van der Waals surface area (Å²) in [5.74, 6) is -2.51. The zero-order valence-corrected chi connectivity index (χ0v) is 17.3. The fourth-order valence-corrected chi connectivity index (χ4v) is 3.41. The summed E-state index contributed by atoms with van der Waals surface area (Å²) in [4.78, 5) is 42.6. The summed E-state index contributed by atoms with van der Waals surface area (Å²) in [5.41, 5.74) is 12.9. The summed E-state index contributed by atoms with van der Waals surface area (Å²) < 4.78 is 7.58. The van der Waals surface area contributed by atoms with Crippen molar-refractivity contribution in [2.75, 3.05) is 11.5 Å². The molecule has 32 heavy (non-hydrogen) atoms. The maximum absolute atomic E-state index is 12.4. The number of carbonyl (C=O) groups excluding carboxylic acids is 1. The SMILES string of the molecule is CCC(Cn1ccc2nc(N)nc(N)c21)c1ccc(C(=O)N[C@@H](CCC(=O)O)C(=O)O)o1. The van der Waals surface area contributed by atoms with E-state index in [1.54, 1.807) is 12.1 Å². The number of carbonyl (C=O) groups is 3. The van der Waals surface area contributed by atoms with E-state index in [0.29, 0.717) is 29.8 Å². The smallest absolute Gasteiger partial charge is 0.326 e. The van der Waals surface area contributed by atoms with Crippen LogP contribution in [0.5, 0.6) is 0 Å². The highest BCUT2D eigenvalue weighted by Crippen LogP contribution is 2.28. The minimum Gasteiger partial charge on any atom is -0.481 e. The van der Waals surface area contributed by atoms with Crippen LogP contribution in [-0.2, 0) is 16.1 Å². The molecule has 2 atom stereocenters. The molecule has 0 radical (unpaired) electrons. The Kier molecular flexibility index (Phi) is 6.61. The molecule has 0 fully saturated rings. The van der Waals surface area contributed by atoms with Crippen molar-refractivity contribution in [3.63, 3.8) is 0 Å². The Balaban J connectivity index is 1.75. The molecule has 12 nitrogen and oxygen atoms in total. The van der Waals surface area contributed by atoms with E-state index in [2.05, 4.69) is 15.3 Å². The monoisotopic (exact) mass is 444 g/mol. The van der Waals surface area contributed by atoms with E-state index in [-0.39, 0.29) is 36.3 Å². The van der Waals surface area contributed by atoms with Crippen LogP contribution >= 0.6 is 0 Å². The molecular weight excluding hydrogens is 420 g/mol. The molecule has 0 aromatic carbocycles. The molecule has 3 aromatic rings. The Morgan fingerprint density at radius 3 is 2.59 bits per heavy atom. The largest absolute Gasteiger partial charge is 0.481 e.